The first-order valence-electron chi connectivity index (χ1n) is 4.95. The molecular weight excluding hydrogens is 210 g/mol. The normalized spacial score (nSPS) is 12.5. The Hall–Kier alpha value is -1.85. The fourth-order valence-electron chi connectivity index (χ4n) is 1.33. The largest absolute Gasteiger partial charge is 0.480 e. The molecule has 16 heavy (non-hydrogen) atoms. The third kappa shape index (κ3) is 2.59. The van der Waals surface area contributed by atoms with E-state index in [1.54, 1.807) is 20.9 Å². The Kier molecular flexibility index (Phi) is 3.65. The second-order valence-electron chi connectivity index (χ2n) is 3.87. The number of amides is 1. The molecule has 1 aromatic rings. The SMILES string of the molecule is CC(C)[C@@H](NC(=O)c1ccnn1C)C(=O)O. The van der Waals surface area contributed by atoms with Gasteiger partial charge in [0.25, 0.3) is 5.91 Å². The lowest BCUT2D eigenvalue weighted by Gasteiger charge is -2.17. The van der Waals surface area contributed by atoms with Crippen molar-refractivity contribution in [3.8, 4) is 0 Å². The summed E-state index contributed by atoms with van der Waals surface area (Å²) in [4.78, 5) is 22.6. The Morgan fingerprint density at radius 2 is 2.12 bits per heavy atom. The van der Waals surface area contributed by atoms with Crippen molar-refractivity contribution in [2.24, 2.45) is 13.0 Å². The van der Waals surface area contributed by atoms with Gasteiger partial charge in [0, 0.05) is 13.2 Å². The van der Waals surface area contributed by atoms with Crippen LogP contribution in [0.25, 0.3) is 0 Å². The summed E-state index contributed by atoms with van der Waals surface area (Å²) >= 11 is 0. The number of rotatable bonds is 4. The third-order valence-corrected chi connectivity index (χ3v) is 2.27. The highest BCUT2D eigenvalue weighted by atomic mass is 16.4. The van der Waals surface area contributed by atoms with Crippen LogP contribution >= 0.6 is 0 Å². The summed E-state index contributed by atoms with van der Waals surface area (Å²) in [6, 6.07) is 0.650. The van der Waals surface area contributed by atoms with E-state index in [0.717, 1.165) is 0 Å². The average molecular weight is 225 g/mol. The van der Waals surface area contributed by atoms with Crippen LogP contribution in [-0.2, 0) is 11.8 Å². The molecule has 0 radical (unpaired) electrons. The van der Waals surface area contributed by atoms with E-state index in [0.29, 0.717) is 5.69 Å². The molecule has 0 fully saturated rings. The van der Waals surface area contributed by atoms with Crippen molar-refractivity contribution in [2.75, 3.05) is 0 Å². The molecule has 1 aromatic heterocycles. The summed E-state index contributed by atoms with van der Waals surface area (Å²) in [5.74, 6) is -1.64. The van der Waals surface area contributed by atoms with Gasteiger partial charge in [-0.2, -0.15) is 5.10 Å². The minimum absolute atomic E-state index is 0.172. The number of aryl methyl sites for hydroxylation is 1. The molecule has 0 unspecified atom stereocenters. The molecule has 6 heteroatoms. The molecule has 0 saturated carbocycles. The maximum atomic E-state index is 11.7. The monoisotopic (exact) mass is 225 g/mol. The first-order chi connectivity index (χ1) is 7.43. The Balaban J connectivity index is 2.77. The maximum Gasteiger partial charge on any atom is 0.326 e. The predicted molar refractivity (Wildman–Crippen MR) is 56.9 cm³/mol. The van der Waals surface area contributed by atoms with E-state index >= 15 is 0 Å². The van der Waals surface area contributed by atoms with E-state index in [1.807, 2.05) is 0 Å². The molecule has 0 bridgehead atoms. The lowest BCUT2D eigenvalue weighted by Crippen LogP contribution is -2.44. The number of hydrogen-bond donors (Lipinski definition) is 2. The van der Waals surface area contributed by atoms with Crippen LogP contribution < -0.4 is 5.32 Å². The zero-order valence-electron chi connectivity index (χ0n) is 9.47. The Morgan fingerprint density at radius 1 is 1.50 bits per heavy atom. The van der Waals surface area contributed by atoms with E-state index in [4.69, 9.17) is 5.11 Å². The van der Waals surface area contributed by atoms with Crippen LogP contribution in [-0.4, -0.2) is 32.8 Å². The van der Waals surface area contributed by atoms with E-state index in [-0.39, 0.29) is 5.92 Å². The van der Waals surface area contributed by atoms with Crippen molar-refractivity contribution in [1.29, 1.82) is 0 Å². The lowest BCUT2D eigenvalue weighted by molar-refractivity contribution is -0.140. The van der Waals surface area contributed by atoms with E-state index in [1.165, 1.54) is 16.9 Å². The van der Waals surface area contributed by atoms with Gasteiger partial charge in [-0.1, -0.05) is 13.8 Å². The van der Waals surface area contributed by atoms with Crippen molar-refractivity contribution in [3.05, 3.63) is 18.0 Å². The number of carbonyl (C=O) groups excluding carboxylic acids is 1. The fourth-order valence-corrected chi connectivity index (χ4v) is 1.33. The molecule has 0 aliphatic carbocycles. The molecular formula is C10H15N3O3. The topological polar surface area (TPSA) is 84.2 Å². The van der Waals surface area contributed by atoms with Crippen LogP contribution in [0.4, 0.5) is 0 Å². The molecule has 0 aliphatic heterocycles. The molecule has 1 rings (SSSR count). The maximum absolute atomic E-state index is 11.7. The molecule has 2 N–H and O–H groups in total. The van der Waals surface area contributed by atoms with Crippen LogP contribution in [0.5, 0.6) is 0 Å². The van der Waals surface area contributed by atoms with Gasteiger partial charge >= 0.3 is 5.97 Å². The Morgan fingerprint density at radius 3 is 2.50 bits per heavy atom. The van der Waals surface area contributed by atoms with Crippen molar-refractivity contribution in [1.82, 2.24) is 15.1 Å². The number of carboxylic acid groups (broad SMARTS) is 1. The number of nitrogens with zero attached hydrogens (tertiary/aromatic N) is 2. The first kappa shape index (κ1) is 12.2. The number of nitrogens with one attached hydrogen (secondary N) is 1. The van der Waals surface area contributed by atoms with Gasteiger partial charge in [0.15, 0.2) is 0 Å². The highest BCUT2D eigenvalue weighted by molar-refractivity contribution is 5.95. The Labute approximate surface area is 93.3 Å². The quantitative estimate of drug-likeness (QED) is 0.769. The molecule has 0 spiro atoms. The first-order valence-corrected chi connectivity index (χ1v) is 4.95. The van der Waals surface area contributed by atoms with Gasteiger partial charge < -0.3 is 10.4 Å². The minimum Gasteiger partial charge on any atom is -0.480 e. The number of carbonyl (C=O) groups is 2. The van der Waals surface area contributed by atoms with Crippen molar-refractivity contribution < 1.29 is 14.7 Å². The summed E-state index contributed by atoms with van der Waals surface area (Å²) in [7, 11) is 1.63. The van der Waals surface area contributed by atoms with Crippen LogP contribution in [0.15, 0.2) is 12.3 Å². The lowest BCUT2D eigenvalue weighted by atomic mass is 10.0. The number of aromatic nitrogens is 2. The summed E-state index contributed by atoms with van der Waals surface area (Å²) < 4.78 is 1.40. The van der Waals surface area contributed by atoms with Gasteiger partial charge in [0.05, 0.1) is 0 Å². The second-order valence-corrected chi connectivity index (χ2v) is 3.87. The van der Waals surface area contributed by atoms with Crippen LogP contribution in [0, 0.1) is 5.92 Å². The molecule has 0 saturated heterocycles. The number of hydrogen-bond acceptors (Lipinski definition) is 3. The standard InChI is InChI=1S/C10H15N3O3/c1-6(2)8(10(15)16)12-9(14)7-4-5-11-13(7)3/h4-6,8H,1-3H3,(H,12,14)(H,15,16)/t8-/m1/s1. The average Bonchev–Trinajstić information content (AvgIpc) is 2.59. The summed E-state index contributed by atoms with van der Waals surface area (Å²) in [5.41, 5.74) is 0.340. The molecule has 1 amide bonds. The molecule has 88 valence electrons. The number of aliphatic carboxylic acids is 1. The van der Waals surface area contributed by atoms with Gasteiger partial charge in [0.1, 0.15) is 11.7 Å². The van der Waals surface area contributed by atoms with Crippen LogP contribution in [0.1, 0.15) is 24.3 Å². The second kappa shape index (κ2) is 4.78. The molecule has 6 nitrogen and oxygen atoms in total. The van der Waals surface area contributed by atoms with Crippen LogP contribution in [0.2, 0.25) is 0 Å². The highest BCUT2D eigenvalue weighted by Gasteiger charge is 2.24. The molecule has 1 atom stereocenters. The van der Waals surface area contributed by atoms with Gasteiger partial charge in [-0.25, -0.2) is 4.79 Å². The van der Waals surface area contributed by atoms with Gasteiger partial charge in [-0.3, -0.25) is 9.48 Å². The highest BCUT2D eigenvalue weighted by Crippen LogP contribution is 2.04. The van der Waals surface area contributed by atoms with Crippen molar-refractivity contribution in [3.63, 3.8) is 0 Å². The summed E-state index contributed by atoms with van der Waals surface area (Å²) in [6.45, 7) is 3.48. The zero-order chi connectivity index (χ0) is 12.3. The van der Waals surface area contributed by atoms with E-state index in [9.17, 15) is 9.59 Å². The van der Waals surface area contributed by atoms with Gasteiger partial charge in [-0.15, -0.1) is 0 Å². The minimum atomic E-state index is -1.04. The third-order valence-electron chi connectivity index (χ3n) is 2.27. The van der Waals surface area contributed by atoms with Crippen molar-refractivity contribution in [2.45, 2.75) is 19.9 Å². The van der Waals surface area contributed by atoms with Crippen molar-refractivity contribution >= 4 is 11.9 Å². The smallest absolute Gasteiger partial charge is 0.326 e. The van der Waals surface area contributed by atoms with E-state index in [2.05, 4.69) is 10.4 Å². The van der Waals surface area contributed by atoms with Crippen LogP contribution in [0.3, 0.4) is 0 Å². The fraction of sp³-hybridized carbons (Fsp3) is 0.500. The molecule has 1 heterocycles. The number of carboxylic acids is 1. The summed E-state index contributed by atoms with van der Waals surface area (Å²) in [5, 5.41) is 15.2. The summed E-state index contributed by atoms with van der Waals surface area (Å²) in [6.07, 6.45) is 1.49. The zero-order valence-corrected chi connectivity index (χ0v) is 9.47. The van der Waals surface area contributed by atoms with Gasteiger partial charge in [-0.05, 0) is 12.0 Å². The molecule has 0 aromatic carbocycles. The van der Waals surface area contributed by atoms with Gasteiger partial charge in [0.2, 0.25) is 0 Å². The van der Waals surface area contributed by atoms with E-state index < -0.39 is 17.9 Å². The Bertz CT molecular complexity index is 398. The molecule has 0 aliphatic rings. The predicted octanol–water partition coefficient (Wildman–Crippen LogP) is 0.259.